The van der Waals surface area contributed by atoms with E-state index in [1.54, 1.807) is 0 Å². The van der Waals surface area contributed by atoms with E-state index in [-0.39, 0.29) is 30.6 Å². The summed E-state index contributed by atoms with van der Waals surface area (Å²) in [5.41, 5.74) is 5.19. The van der Waals surface area contributed by atoms with Gasteiger partial charge in [-0.1, -0.05) is 0 Å². The molecule has 0 aromatic carbocycles. The van der Waals surface area contributed by atoms with E-state index in [1.807, 2.05) is 16.8 Å². The summed E-state index contributed by atoms with van der Waals surface area (Å²) in [5, 5.41) is 0. The van der Waals surface area contributed by atoms with Gasteiger partial charge in [-0.15, -0.1) is 0 Å². The van der Waals surface area contributed by atoms with Crippen LogP contribution in [0.5, 0.6) is 0 Å². The van der Waals surface area contributed by atoms with Crippen LogP contribution in [0, 0.1) is 0 Å². The van der Waals surface area contributed by atoms with Crippen LogP contribution < -0.4 is 5.73 Å². The average Bonchev–Trinajstić information content (AvgIpc) is 2.53. The Morgan fingerprint density at radius 3 is 2.70 bits per heavy atom. The van der Waals surface area contributed by atoms with E-state index in [2.05, 4.69) is 0 Å². The monoisotopic (exact) mass is 327 g/mol. The fraction of sp³-hybridized carbons (Fsp3) is 0.875. The summed E-state index contributed by atoms with van der Waals surface area (Å²) in [5.74, 6) is -0.186. The molecule has 2 rings (SSSR count). The van der Waals surface area contributed by atoms with Gasteiger partial charge in [0.1, 0.15) is 0 Å². The van der Waals surface area contributed by atoms with Gasteiger partial charge in [0, 0.05) is 32.7 Å². The van der Waals surface area contributed by atoms with Crippen LogP contribution in [0.3, 0.4) is 0 Å². The first kappa shape index (κ1) is 18.2. The van der Waals surface area contributed by atoms with Crippen molar-refractivity contribution >= 4 is 11.8 Å². The average molecular weight is 327 g/mol. The summed E-state index contributed by atoms with van der Waals surface area (Å²) in [6.45, 7) is 3.38. The molecule has 2 unspecified atom stereocenters. The predicted molar refractivity (Wildman–Crippen MR) is 85.8 cm³/mol. The minimum atomic E-state index is -0.358. The standard InChI is InChI=1S/C16H29N3O4/c1-18(12-15(17)20)10-14-11-19(7-9-23-14)16(21)6-5-13-4-2-3-8-22-13/h13-14H,2-12H2,1H3,(H2,17,20). The third-order valence-electron chi connectivity index (χ3n) is 4.39. The molecule has 0 aromatic heterocycles. The molecule has 2 heterocycles. The second kappa shape index (κ2) is 9.20. The molecule has 0 aromatic rings. The van der Waals surface area contributed by atoms with Crippen molar-refractivity contribution in [3.05, 3.63) is 0 Å². The van der Waals surface area contributed by atoms with Crippen LogP contribution in [-0.2, 0) is 19.1 Å². The van der Waals surface area contributed by atoms with Crippen molar-refractivity contribution in [2.75, 3.05) is 46.4 Å². The van der Waals surface area contributed by atoms with Crippen LogP contribution in [-0.4, -0.2) is 80.3 Å². The first-order valence-electron chi connectivity index (χ1n) is 8.52. The van der Waals surface area contributed by atoms with Gasteiger partial charge < -0.3 is 20.1 Å². The Hall–Kier alpha value is -1.18. The van der Waals surface area contributed by atoms with Gasteiger partial charge in [0.15, 0.2) is 0 Å². The molecule has 2 aliphatic rings. The van der Waals surface area contributed by atoms with Gasteiger partial charge in [-0.3, -0.25) is 14.5 Å². The van der Waals surface area contributed by atoms with Crippen LogP contribution in [0.2, 0.25) is 0 Å². The number of nitrogens with two attached hydrogens (primary N) is 1. The number of rotatable bonds is 7. The molecule has 2 N–H and O–H groups in total. The summed E-state index contributed by atoms with van der Waals surface area (Å²) >= 11 is 0. The van der Waals surface area contributed by atoms with Crippen molar-refractivity contribution in [2.24, 2.45) is 5.73 Å². The Kier molecular flexibility index (Phi) is 7.26. The quantitative estimate of drug-likeness (QED) is 0.710. The molecule has 0 bridgehead atoms. The Balaban J connectivity index is 1.71. The lowest BCUT2D eigenvalue weighted by Crippen LogP contribution is -2.50. The maximum atomic E-state index is 12.4. The highest BCUT2D eigenvalue weighted by Crippen LogP contribution is 2.18. The van der Waals surface area contributed by atoms with E-state index in [0.29, 0.717) is 32.7 Å². The zero-order chi connectivity index (χ0) is 16.7. The van der Waals surface area contributed by atoms with Crippen molar-refractivity contribution < 1.29 is 19.1 Å². The number of nitrogens with zero attached hydrogens (tertiary/aromatic N) is 2. The second-order valence-corrected chi connectivity index (χ2v) is 6.52. The number of hydrogen-bond donors (Lipinski definition) is 1. The summed E-state index contributed by atoms with van der Waals surface area (Å²) in [7, 11) is 1.83. The molecule has 2 aliphatic heterocycles. The van der Waals surface area contributed by atoms with Crippen LogP contribution in [0.15, 0.2) is 0 Å². The van der Waals surface area contributed by atoms with Crippen LogP contribution >= 0.6 is 0 Å². The van der Waals surface area contributed by atoms with Crippen molar-refractivity contribution in [1.82, 2.24) is 9.80 Å². The Morgan fingerprint density at radius 2 is 2.00 bits per heavy atom. The number of carbonyl (C=O) groups excluding carboxylic acids is 2. The van der Waals surface area contributed by atoms with E-state index in [4.69, 9.17) is 15.2 Å². The lowest BCUT2D eigenvalue weighted by molar-refractivity contribution is -0.140. The molecule has 0 saturated carbocycles. The summed E-state index contributed by atoms with van der Waals surface area (Å²) < 4.78 is 11.4. The molecule has 7 heteroatoms. The van der Waals surface area contributed by atoms with Gasteiger partial charge >= 0.3 is 0 Å². The molecule has 2 atom stereocenters. The maximum Gasteiger partial charge on any atom is 0.231 e. The maximum absolute atomic E-state index is 12.4. The Labute approximate surface area is 138 Å². The third kappa shape index (κ3) is 6.45. The lowest BCUT2D eigenvalue weighted by atomic mass is 10.0. The Bertz CT molecular complexity index is 399. The lowest BCUT2D eigenvalue weighted by Gasteiger charge is -2.35. The molecule has 23 heavy (non-hydrogen) atoms. The van der Waals surface area contributed by atoms with Gasteiger partial charge in [-0.25, -0.2) is 0 Å². The van der Waals surface area contributed by atoms with Crippen LogP contribution in [0.1, 0.15) is 32.1 Å². The summed E-state index contributed by atoms with van der Waals surface area (Å²) in [4.78, 5) is 27.0. The number of morpholine rings is 1. The highest BCUT2D eigenvalue weighted by molar-refractivity contribution is 5.76. The fourth-order valence-electron chi connectivity index (χ4n) is 3.21. The van der Waals surface area contributed by atoms with E-state index >= 15 is 0 Å². The van der Waals surface area contributed by atoms with Crippen molar-refractivity contribution in [3.8, 4) is 0 Å². The molecular weight excluding hydrogens is 298 g/mol. The van der Waals surface area contributed by atoms with Gasteiger partial charge in [0.25, 0.3) is 0 Å². The van der Waals surface area contributed by atoms with Gasteiger partial charge in [0.05, 0.1) is 25.4 Å². The molecule has 0 radical (unpaired) electrons. The van der Waals surface area contributed by atoms with Crippen molar-refractivity contribution in [2.45, 2.75) is 44.3 Å². The number of hydrogen-bond acceptors (Lipinski definition) is 5. The first-order valence-corrected chi connectivity index (χ1v) is 8.52. The molecule has 2 amide bonds. The van der Waals surface area contributed by atoms with E-state index in [9.17, 15) is 9.59 Å². The number of ether oxygens (including phenoxy) is 2. The van der Waals surface area contributed by atoms with E-state index in [0.717, 1.165) is 25.9 Å². The van der Waals surface area contributed by atoms with Crippen molar-refractivity contribution in [3.63, 3.8) is 0 Å². The number of primary amides is 1. The summed E-state index contributed by atoms with van der Waals surface area (Å²) in [6.07, 6.45) is 4.92. The number of likely N-dealkylation sites (N-methyl/N-ethyl adjacent to an activating group) is 1. The smallest absolute Gasteiger partial charge is 0.231 e. The first-order chi connectivity index (χ1) is 11.0. The number of carbonyl (C=O) groups is 2. The minimum absolute atomic E-state index is 0.0667. The Morgan fingerprint density at radius 1 is 1.22 bits per heavy atom. The van der Waals surface area contributed by atoms with Gasteiger partial charge in [-0.05, 0) is 32.7 Å². The van der Waals surface area contributed by atoms with Crippen LogP contribution in [0.25, 0.3) is 0 Å². The zero-order valence-electron chi connectivity index (χ0n) is 14.0. The molecule has 7 nitrogen and oxygen atoms in total. The number of amides is 2. The van der Waals surface area contributed by atoms with Crippen LogP contribution in [0.4, 0.5) is 0 Å². The molecule has 2 fully saturated rings. The normalized spacial score (nSPS) is 25.6. The molecule has 0 spiro atoms. The largest absolute Gasteiger partial charge is 0.378 e. The van der Waals surface area contributed by atoms with E-state index < -0.39 is 0 Å². The molecule has 0 aliphatic carbocycles. The summed E-state index contributed by atoms with van der Waals surface area (Å²) in [6, 6.07) is 0. The van der Waals surface area contributed by atoms with Crippen molar-refractivity contribution in [1.29, 1.82) is 0 Å². The molecule has 132 valence electrons. The fourth-order valence-corrected chi connectivity index (χ4v) is 3.21. The van der Waals surface area contributed by atoms with E-state index in [1.165, 1.54) is 6.42 Å². The third-order valence-corrected chi connectivity index (χ3v) is 4.39. The topological polar surface area (TPSA) is 85.1 Å². The SMILES string of the molecule is CN(CC(N)=O)CC1CN(C(=O)CCC2CCCCO2)CCO1. The predicted octanol–water partition coefficient (Wildman–Crippen LogP) is -0.0198. The molecule has 2 saturated heterocycles. The van der Waals surface area contributed by atoms with Gasteiger partial charge in [0.2, 0.25) is 11.8 Å². The second-order valence-electron chi connectivity index (χ2n) is 6.52. The molecular formula is C16H29N3O4. The highest BCUT2D eigenvalue weighted by Gasteiger charge is 2.26. The zero-order valence-corrected chi connectivity index (χ0v) is 14.0. The minimum Gasteiger partial charge on any atom is -0.378 e. The van der Waals surface area contributed by atoms with Gasteiger partial charge in [-0.2, -0.15) is 0 Å². The highest BCUT2D eigenvalue weighted by atomic mass is 16.5.